The van der Waals surface area contributed by atoms with Crippen LogP contribution in [0.5, 0.6) is 0 Å². The van der Waals surface area contributed by atoms with Crippen LogP contribution in [0.4, 0.5) is 0 Å². The van der Waals surface area contributed by atoms with Gasteiger partial charge in [-0.1, -0.05) is 102 Å². The lowest BCUT2D eigenvalue weighted by atomic mass is 9.76. The third kappa shape index (κ3) is 15.4. The number of allylic oxidation sites excluding steroid dienone is 4. The maximum Gasteiger partial charge on any atom is 0.0815 e. The van der Waals surface area contributed by atoms with Crippen molar-refractivity contribution in [1.82, 2.24) is 0 Å². The summed E-state index contributed by atoms with van der Waals surface area (Å²) >= 11 is 0. The molecule has 0 spiro atoms. The Kier molecular flexibility index (Phi) is 19.4. The van der Waals surface area contributed by atoms with Gasteiger partial charge in [-0.05, 0) is 82.1 Å². The van der Waals surface area contributed by atoms with Crippen molar-refractivity contribution >= 4 is 0 Å². The van der Waals surface area contributed by atoms with Gasteiger partial charge in [-0.2, -0.15) is 13.3 Å². The van der Waals surface area contributed by atoms with Crippen LogP contribution in [0.2, 0.25) is 0 Å². The number of hydrogen-bond donors (Lipinski definition) is 1. The Morgan fingerprint density at radius 2 is 1.62 bits per heavy atom. The van der Waals surface area contributed by atoms with E-state index in [1.807, 2.05) is 0 Å². The predicted molar refractivity (Wildman–Crippen MR) is 164 cm³/mol. The zero-order chi connectivity index (χ0) is 27.5. The van der Waals surface area contributed by atoms with Crippen LogP contribution in [-0.2, 0) is 4.74 Å². The van der Waals surface area contributed by atoms with Crippen molar-refractivity contribution in [2.75, 3.05) is 6.61 Å². The van der Waals surface area contributed by atoms with Crippen LogP contribution in [0.1, 0.15) is 145 Å². The smallest absolute Gasteiger partial charge is 0.0815 e. The monoisotopic (exact) mass is 515 g/mol. The van der Waals surface area contributed by atoms with Crippen molar-refractivity contribution < 1.29 is 9.84 Å². The SMILES string of the molecule is C[CH-]CC/C=C(\C)CC/C=C(\C)CCCC(C)CCC1=CC(O)C(C)C(C)C1OCCCCCCCC. The fourth-order valence-corrected chi connectivity index (χ4v) is 5.50. The van der Waals surface area contributed by atoms with Crippen molar-refractivity contribution in [3.05, 3.63) is 41.4 Å². The minimum atomic E-state index is -0.328. The Balaban J connectivity index is 2.39. The maximum absolute atomic E-state index is 10.6. The molecule has 0 heterocycles. The van der Waals surface area contributed by atoms with Crippen LogP contribution >= 0.6 is 0 Å². The highest BCUT2D eigenvalue weighted by atomic mass is 16.5. The number of ether oxygens (including phenoxy) is 1. The van der Waals surface area contributed by atoms with Gasteiger partial charge in [0.15, 0.2) is 0 Å². The second kappa shape index (κ2) is 21.0. The minimum absolute atomic E-state index is 0.184. The molecule has 5 atom stereocenters. The third-order valence-electron chi connectivity index (χ3n) is 8.56. The molecular weight excluding hydrogens is 452 g/mol. The molecule has 5 unspecified atom stereocenters. The molecule has 0 bridgehead atoms. The van der Waals surface area contributed by atoms with Crippen LogP contribution in [0.25, 0.3) is 0 Å². The second-order valence-electron chi connectivity index (χ2n) is 12.2. The van der Waals surface area contributed by atoms with Gasteiger partial charge in [-0.25, -0.2) is 0 Å². The maximum atomic E-state index is 10.6. The van der Waals surface area contributed by atoms with E-state index in [0.29, 0.717) is 11.8 Å². The summed E-state index contributed by atoms with van der Waals surface area (Å²) in [5.41, 5.74) is 4.43. The first-order valence-corrected chi connectivity index (χ1v) is 15.9. The molecule has 0 saturated heterocycles. The molecule has 0 aliphatic heterocycles. The van der Waals surface area contributed by atoms with Crippen molar-refractivity contribution in [3.8, 4) is 0 Å². The van der Waals surface area contributed by atoms with Gasteiger partial charge in [0.25, 0.3) is 0 Å². The van der Waals surface area contributed by atoms with Crippen LogP contribution in [-0.4, -0.2) is 23.9 Å². The quantitative estimate of drug-likeness (QED) is 0.0935. The Bertz CT molecular complexity index is 658. The lowest BCUT2D eigenvalue weighted by molar-refractivity contribution is -0.0127. The Morgan fingerprint density at radius 1 is 0.946 bits per heavy atom. The number of hydrogen-bond acceptors (Lipinski definition) is 2. The summed E-state index contributed by atoms with van der Waals surface area (Å²) in [5, 5.41) is 10.6. The summed E-state index contributed by atoms with van der Waals surface area (Å²) in [6, 6.07) is 0. The lowest BCUT2D eigenvalue weighted by Gasteiger charge is -2.38. The average Bonchev–Trinajstić information content (AvgIpc) is 2.87. The molecule has 1 aliphatic carbocycles. The first-order valence-electron chi connectivity index (χ1n) is 15.9. The summed E-state index contributed by atoms with van der Waals surface area (Å²) in [5.74, 6) is 1.35. The summed E-state index contributed by atoms with van der Waals surface area (Å²) in [4.78, 5) is 0. The molecule has 0 aromatic heterocycles. The van der Waals surface area contributed by atoms with Crippen molar-refractivity contribution in [1.29, 1.82) is 0 Å². The van der Waals surface area contributed by atoms with Crippen molar-refractivity contribution in [2.45, 2.75) is 157 Å². The highest BCUT2D eigenvalue weighted by Gasteiger charge is 2.34. The van der Waals surface area contributed by atoms with Crippen LogP contribution in [0.15, 0.2) is 34.9 Å². The van der Waals surface area contributed by atoms with Gasteiger partial charge in [-0.3, -0.25) is 0 Å². The zero-order valence-electron chi connectivity index (χ0n) is 25.9. The van der Waals surface area contributed by atoms with E-state index in [1.54, 1.807) is 5.57 Å². The molecular formula is C35H63O2-. The van der Waals surface area contributed by atoms with Gasteiger partial charge in [0, 0.05) is 6.61 Å². The zero-order valence-corrected chi connectivity index (χ0v) is 25.9. The van der Waals surface area contributed by atoms with Gasteiger partial charge in [0.1, 0.15) is 0 Å². The lowest BCUT2D eigenvalue weighted by Crippen LogP contribution is -2.39. The fraction of sp³-hybridized carbons (Fsp3) is 0.800. The highest BCUT2D eigenvalue weighted by molar-refractivity contribution is 5.18. The molecule has 2 nitrogen and oxygen atoms in total. The molecule has 0 saturated carbocycles. The molecule has 0 fully saturated rings. The van der Waals surface area contributed by atoms with E-state index >= 15 is 0 Å². The van der Waals surface area contributed by atoms with E-state index in [0.717, 1.165) is 19.4 Å². The number of rotatable bonds is 21. The summed E-state index contributed by atoms with van der Waals surface area (Å²) in [7, 11) is 0. The van der Waals surface area contributed by atoms with E-state index in [4.69, 9.17) is 4.74 Å². The second-order valence-corrected chi connectivity index (χ2v) is 12.2. The summed E-state index contributed by atoms with van der Waals surface area (Å²) < 4.78 is 6.47. The number of unbranched alkanes of at least 4 members (excludes halogenated alkanes) is 7. The Labute approximate surface area is 232 Å². The predicted octanol–water partition coefficient (Wildman–Crippen LogP) is 10.6. The minimum Gasteiger partial charge on any atom is -0.389 e. The van der Waals surface area contributed by atoms with Gasteiger partial charge in [0.2, 0.25) is 0 Å². The molecule has 1 N–H and O–H groups in total. The molecule has 37 heavy (non-hydrogen) atoms. The number of aliphatic hydroxyl groups is 1. The average molecular weight is 516 g/mol. The van der Waals surface area contributed by atoms with E-state index < -0.39 is 0 Å². The van der Waals surface area contributed by atoms with Gasteiger partial charge >= 0.3 is 0 Å². The molecule has 1 rings (SSSR count). The van der Waals surface area contributed by atoms with Crippen LogP contribution < -0.4 is 0 Å². The van der Waals surface area contributed by atoms with Crippen molar-refractivity contribution in [2.24, 2.45) is 17.8 Å². The van der Waals surface area contributed by atoms with Crippen LogP contribution in [0, 0.1) is 24.2 Å². The number of aliphatic hydroxyl groups excluding tert-OH is 1. The highest BCUT2D eigenvalue weighted by Crippen LogP contribution is 2.35. The van der Waals surface area contributed by atoms with E-state index in [2.05, 4.69) is 73.1 Å². The molecule has 1 aliphatic rings. The molecule has 2 heteroatoms. The molecule has 0 radical (unpaired) electrons. The largest absolute Gasteiger partial charge is 0.389 e. The van der Waals surface area contributed by atoms with Gasteiger partial charge < -0.3 is 16.3 Å². The van der Waals surface area contributed by atoms with E-state index in [9.17, 15) is 5.11 Å². The normalized spacial score (nSPS) is 23.8. The molecule has 216 valence electrons. The summed E-state index contributed by atoms with van der Waals surface area (Å²) in [6.07, 6.45) is 27.6. The Hall–Kier alpha value is -0.860. The fourth-order valence-electron chi connectivity index (χ4n) is 5.50. The Morgan fingerprint density at radius 3 is 2.35 bits per heavy atom. The summed E-state index contributed by atoms with van der Waals surface area (Å²) in [6.45, 7) is 16.7. The molecule has 0 aromatic carbocycles. The first-order chi connectivity index (χ1) is 17.8. The van der Waals surface area contributed by atoms with E-state index in [-0.39, 0.29) is 18.1 Å². The molecule has 0 aromatic rings. The topological polar surface area (TPSA) is 29.5 Å². The molecule has 0 amide bonds. The first kappa shape index (κ1) is 34.2. The van der Waals surface area contributed by atoms with Gasteiger partial charge in [-0.15, -0.1) is 0 Å². The van der Waals surface area contributed by atoms with E-state index in [1.165, 1.54) is 94.6 Å². The standard InChI is InChI=1S/C35H63O2/c1-8-10-12-13-14-16-26-37-35-32(7)31(6)34(36)27-33(35)25-24-30(5)23-18-22-29(4)21-17-20-28(3)19-15-11-9-2/h9,19,21,27,30-32,34-36H,8,10-18,20,22-26H2,1-7H3/q-1/b28-19+,29-21+. The third-order valence-corrected chi connectivity index (χ3v) is 8.56. The van der Waals surface area contributed by atoms with Crippen LogP contribution in [0.3, 0.4) is 0 Å². The van der Waals surface area contributed by atoms with Crippen molar-refractivity contribution in [3.63, 3.8) is 0 Å². The van der Waals surface area contributed by atoms with Gasteiger partial charge in [0.05, 0.1) is 12.2 Å².